The van der Waals surface area contributed by atoms with Crippen molar-refractivity contribution in [2.24, 2.45) is 5.92 Å². The van der Waals surface area contributed by atoms with Crippen LogP contribution >= 0.6 is 12.4 Å². The lowest BCUT2D eigenvalue weighted by atomic mass is 9.94. The molecule has 0 radical (unpaired) electrons. The van der Waals surface area contributed by atoms with Crippen LogP contribution in [0.25, 0.3) is 0 Å². The predicted molar refractivity (Wildman–Crippen MR) is 61.6 cm³/mol. The van der Waals surface area contributed by atoms with E-state index in [9.17, 15) is 0 Å². The van der Waals surface area contributed by atoms with Gasteiger partial charge in [-0.05, 0) is 38.5 Å². The van der Waals surface area contributed by atoms with Crippen molar-refractivity contribution in [3.63, 3.8) is 0 Å². The first-order chi connectivity index (χ1) is 5.68. The normalized spacial score (nSPS) is 28.6. The quantitative estimate of drug-likeness (QED) is 0.745. The van der Waals surface area contributed by atoms with E-state index in [1.54, 1.807) is 0 Å². The molecule has 1 unspecified atom stereocenters. The smallest absolute Gasteiger partial charge is 0.00696 e. The Kier molecular flexibility index (Phi) is 6.79. The van der Waals surface area contributed by atoms with Gasteiger partial charge in [0.2, 0.25) is 0 Å². The summed E-state index contributed by atoms with van der Waals surface area (Å²) in [5, 5.41) is 3.67. The highest BCUT2D eigenvalue weighted by Gasteiger charge is 2.17. The molecule has 0 aromatic carbocycles. The Labute approximate surface area is 89.1 Å². The number of nitrogens with one attached hydrogen (secondary N) is 1. The van der Waals surface area contributed by atoms with Crippen molar-refractivity contribution in [2.45, 2.75) is 65.0 Å². The van der Waals surface area contributed by atoms with Gasteiger partial charge in [-0.1, -0.05) is 20.3 Å². The van der Waals surface area contributed by atoms with Crippen LogP contribution in [0.3, 0.4) is 0 Å². The Bertz CT molecular complexity index is 125. The highest BCUT2D eigenvalue weighted by Crippen LogP contribution is 2.17. The fraction of sp³-hybridized carbons (Fsp3) is 1.00. The predicted octanol–water partition coefficient (Wildman–Crippen LogP) is 3.38. The van der Waals surface area contributed by atoms with Crippen LogP contribution in [0, 0.1) is 5.92 Å². The molecule has 1 rings (SSSR count). The maximum Gasteiger partial charge on any atom is 0.00696 e. The van der Waals surface area contributed by atoms with Crippen LogP contribution in [0.5, 0.6) is 0 Å². The van der Waals surface area contributed by atoms with Crippen molar-refractivity contribution in [3.05, 3.63) is 0 Å². The van der Waals surface area contributed by atoms with Crippen molar-refractivity contribution in [2.75, 3.05) is 0 Å². The standard InChI is InChI=1S/C11H23N.ClH/c1-9(2)7-8-11-6-4-5-10(3)12-11;/h9-12H,4-8H2,1-3H3;1H/t10?,11-;/m0./s1. The summed E-state index contributed by atoms with van der Waals surface area (Å²) in [6.45, 7) is 6.93. The van der Waals surface area contributed by atoms with Crippen LogP contribution in [0.2, 0.25) is 0 Å². The Morgan fingerprint density at radius 1 is 1.31 bits per heavy atom. The molecule has 1 nitrogen and oxygen atoms in total. The van der Waals surface area contributed by atoms with Gasteiger partial charge < -0.3 is 5.32 Å². The third-order valence-electron chi connectivity index (χ3n) is 2.80. The first-order valence-electron chi connectivity index (χ1n) is 5.44. The molecule has 1 aliphatic rings. The molecule has 1 fully saturated rings. The van der Waals surface area contributed by atoms with Gasteiger partial charge in [-0.3, -0.25) is 0 Å². The summed E-state index contributed by atoms with van der Waals surface area (Å²) in [5.74, 6) is 0.865. The molecule has 1 saturated heterocycles. The van der Waals surface area contributed by atoms with Gasteiger partial charge in [0.05, 0.1) is 0 Å². The molecule has 0 bridgehead atoms. The largest absolute Gasteiger partial charge is 0.312 e. The molecule has 2 atom stereocenters. The minimum absolute atomic E-state index is 0. The zero-order chi connectivity index (χ0) is 8.97. The maximum atomic E-state index is 3.67. The number of hydrogen-bond acceptors (Lipinski definition) is 1. The molecule has 0 aliphatic carbocycles. The zero-order valence-electron chi connectivity index (χ0n) is 9.18. The topological polar surface area (TPSA) is 12.0 Å². The lowest BCUT2D eigenvalue weighted by Gasteiger charge is -2.29. The monoisotopic (exact) mass is 205 g/mol. The molecular weight excluding hydrogens is 182 g/mol. The number of halogens is 1. The van der Waals surface area contributed by atoms with Gasteiger partial charge in [-0.2, -0.15) is 0 Å². The summed E-state index contributed by atoms with van der Waals surface area (Å²) in [4.78, 5) is 0. The van der Waals surface area contributed by atoms with Gasteiger partial charge in [0.1, 0.15) is 0 Å². The third kappa shape index (κ3) is 5.53. The van der Waals surface area contributed by atoms with E-state index in [2.05, 4.69) is 26.1 Å². The highest BCUT2D eigenvalue weighted by atomic mass is 35.5. The summed E-state index contributed by atoms with van der Waals surface area (Å²) in [6.07, 6.45) is 6.96. The minimum atomic E-state index is 0. The van der Waals surface area contributed by atoms with E-state index in [1.165, 1.54) is 32.1 Å². The van der Waals surface area contributed by atoms with Gasteiger partial charge >= 0.3 is 0 Å². The lowest BCUT2D eigenvalue weighted by Crippen LogP contribution is -2.40. The Morgan fingerprint density at radius 3 is 2.54 bits per heavy atom. The van der Waals surface area contributed by atoms with Crippen molar-refractivity contribution < 1.29 is 0 Å². The average molecular weight is 206 g/mol. The molecule has 0 amide bonds. The number of hydrogen-bond donors (Lipinski definition) is 1. The lowest BCUT2D eigenvalue weighted by molar-refractivity contribution is 0.307. The van der Waals surface area contributed by atoms with E-state index in [0.29, 0.717) is 0 Å². The van der Waals surface area contributed by atoms with Crippen LogP contribution in [0.4, 0.5) is 0 Å². The second kappa shape index (κ2) is 6.67. The molecule has 2 heteroatoms. The van der Waals surface area contributed by atoms with Crippen LogP contribution in [0.1, 0.15) is 52.9 Å². The molecule has 1 N–H and O–H groups in total. The van der Waals surface area contributed by atoms with Gasteiger partial charge in [-0.15, -0.1) is 12.4 Å². The van der Waals surface area contributed by atoms with Crippen molar-refractivity contribution in [1.29, 1.82) is 0 Å². The molecule has 1 heterocycles. The molecule has 80 valence electrons. The number of rotatable bonds is 3. The molecule has 0 saturated carbocycles. The van der Waals surface area contributed by atoms with E-state index >= 15 is 0 Å². The highest BCUT2D eigenvalue weighted by molar-refractivity contribution is 5.85. The van der Waals surface area contributed by atoms with Gasteiger partial charge in [0.15, 0.2) is 0 Å². The molecule has 13 heavy (non-hydrogen) atoms. The first kappa shape index (κ1) is 13.2. The van der Waals surface area contributed by atoms with E-state index in [0.717, 1.165) is 18.0 Å². The van der Waals surface area contributed by atoms with E-state index in [-0.39, 0.29) is 12.4 Å². The Balaban J connectivity index is 0.00000144. The summed E-state index contributed by atoms with van der Waals surface area (Å²) in [5.41, 5.74) is 0. The van der Waals surface area contributed by atoms with Crippen LogP contribution in [0.15, 0.2) is 0 Å². The summed E-state index contributed by atoms with van der Waals surface area (Å²) < 4.78 is 0. The molecular formula is C11H24ClN. The van der Waals surface area contributed by atoms with Crippen LogP contribution in [-0.4, -0.2) is 12.1 Å². The molecule has 0 spiro atoms. The van der Waals surface area contributed by atoms with Crippen molar-refractivity contribution in [3.8, 4) is 0 Å². The summed E-state index contributed by atoms with van der Waals surface area (Å²) >= 11 is 0. The molecule has 1 aliphatic heterocycles. The van der Waals surface area contributed by atoms with E-state index in [1.807, 2.05) is 0 Å². The zero-order valence-corrected chi connectivity index (χ0v) is 9.99. The third-order valence-corrected chi connectivity index (χ3v) is 2.80. The summed E-state index contributed by atoms with van der Waals surface area (Å²) in [7, 11) is 0. The van der Waals surface area contributed by atoms with Gasteiger partial charge in [0, 0.05) is 12.1 Å². The fourth-order valence-corrected chi connectivity index (χ4v) is 2.00. The van der Waals surface area contributed by atoms with Gasteiger partial charge in [0.25, 0.3) is 0 Å². The number of piperidine rings is 1. The maximum absolute atomic E-state index is 3.67. The molecule has 0 aromatic rings. The van der Waals surface area contributed by atoms with E-state index < -0.39 is 0 Å². The van der Waals surface area contributed by atoms with Crippen molar-refractivity contribution >= 4 is 12.4 Å². The summed E-state index contributed by atoms with van der Waals surface area (Å²) in [6, 6.07) is 1.58. The minimum Gasteiger partial charge on any atom is -0.312 e. The Hall–Kier alpha value is 0.250. The first-order valence-corrected chi connectivity index (χ1v) is 5.44. The van der Waals surface area contributed by atoms with E-state index in [4.69, 9.17) is 0 Å². The van der Waals surface area contributed by atoms with Gasteiger partial charge in [-0.25, -0.2) is 0 Å². The van der Waals surface area contributed by atoms with Crippen molar-refractivity contribution in [1.82, 2.24) is 5.32 Å². The second-order valence-corrected chi connectivity index (χ2v) is 4.67. The average Bonchev–Trinajstić information content (AvgIpc) is 2.01. The van der Waals surface area contributed by atoms with Crippen LogP contribution < -0.4 is 5.32 Å². The molecule has 0 aromatic heterocycles. The Morgan fingerprint density at radius 2 is 2.00 bits per heavy atom. The second-order valence-electron chi connectivity index (χ2n) is 4.67. The fourth-order valence-electron chi connectivity index (χ4n) is 2.00. The SMILES string of the molecule is CC(C)CC[C@@H]1CCCC(C)N1.Cl. The van der Waals surface area contributed by atoms with Crippen LogP contribution in [-0.2, 0) is 0 Å².